The number of allylic oxidation sites excluding steroid dienone is 1. The van der Waals surface area contributed by atoms with Crippen LogP contribution in [0.5, 0.6) is 0 Å². The summed E-state index contributed by atoms with van der Waals surface area (Å²) < 4.78 is 6.09. The lowest BCUT2D eigenvalue weighted by molar-refractivity contribution is -0.0594. The number of ether oxygens (including phenoxy) is 1. The van der Waals surface area contributed by atoms with Gasteiger partial charge in [0.25, 0.3) is 0 Å². The van der Waals surface area contributed by atoms with Gasteiger partial charge in [-0.3, -0.25) is 0 Å². The first-order valence-corrected chi connectivity index (χ1v) is 16.2. The average Bonchev–Trinajstić information content (AvgIpc) is 3.26. The van der Waals surface area contributed by atoms with Crippen molar-refractivity contribution in [3.8, 4) is 0 Å². The average molecular weight is 534 g/mol. The zero-order valence-electron chi connectivity index (χ0n) is 26.0. The van der Waals surface area contributed by atoms with Crippen molar-refractivity contribution in [2.24, 2.45) is 46.3 Å². The molecule has 5 rings (SSSR count). The lowest BCUT2D eigenvalue weighted by atomic mass is 9.47. The molecule has 39 heavy (non-hydrogen) atoms. The minimum absolute atomic E-state index is 0.0123. The van der Waals surface area contributed by atoms with E-state index in [0.29, 0.717) is 16.4 Å². The maximum atomic E-state index is 13.0. The van der Waals surface area contributed by atoms with Crippen molar-refractivity contribution < 1.29 is 9.53 Å². The van der Waals surface area contributed by atoms with E-state index < -0.39 is 0 Å². The Morgan fingerprint density at radius 1 is 0.974 bits per heavy atom. The molecule has 0 amide bonds. The smallest absolute Gasteiger partial charge is 0.338 e. The Balaban J connectivity index is 1.23. The number of nitrogens with zero attached hydrogens (tertiary/aromatic N) is 1. The van der Waals surface area contributed by atoms with E-state index in [1.165, 1.54) is 51.4 Å². The summed E-state index contributed by atoms with van der Waals surface area (Å²) >= 11 is 0. The van der Waals surface area contributed by atoms with Gasteiger partial charge in [-0.2, -0.15) is 0 Å². The van der Waals surface area contributed by atoms with Gasteiger partial charge < -0.3 is 9.64 Å². The molecule has 0 aliphatic heterocycles. The quantitative estimate of drug-likeness (QED) is 0.246. The standard InChI is InChI=1S/C36H55NO2/c1-24(2)9-8-10-25(3)31-17-18-32-30-16-13-27-23-29(19-21-35(27,4)33(30)20-22-36(31,32)5)39-34(38)26-11-14-28(15-12-26)37(6)7/h11-15,24-25,29-33H,8-10,16-23H2,1-7H3/t25-,29?,30+,31-,32+,33+,35+,36-/m1/s1. The van der Waals surface area contributed by atoms with Gasteiger partial charge in [-0.15, -0.1) is 0 Å². The van der Waals surface area contributed by atoms with Crippen LogP contribution in [0.4, 0.5) is 5.69 Å². The van der Waals surface area contributed by atoms with Crippen LogP contribution in [-0.2, 0) is 4.74 Å². The van der Waals surface area contributed by atoms with E-state index in [0.717, 1.165) is 60.5 Å². The Labute approximate surface area is 239 Å². The SMILES string of the molecule is CC(C)CCC[C@@H](C)[C@H]1CC[C@H]2[C@@H]3CC=C4CC(OC(=O)c5ccc(N(C)C)cc5)CC[C@]4(C)[C@H]3CC[C@]12C. The van der Waals surface area contributed by atoms with Crippen molar-refractivity contribution in [3.05, 3.63) is 41.5 Å². The minimum Gasteiger partial charge on any atom is -0.458 e. The van der Waals surface area contributed by atoms with Crippen LogP contribution in [0.1, 0.15) is 116 Å². The molecule has 216 valence electrons. The van der Waals surface area contributed by atoms with E-state index in [9.17, 15) is 4.79 Å². The van der Waals surface area contributed by atoms with Crippen LogP contribution in [0.15, 0.2) is 35.9 Å². The fourth-order valence-corrected chi connectivity index (χ4v) is 9.87. The summed E-state index contributed by atoms with van der Waals surface area (Å²) in [5.41, 5.74) is 4.18. The number of anilines is 1. The fourth-order valence-electron chi connectivity index (χ4n) is 9.87. The molecule has 3 fully saturated rings. The molecular weight excluding hydrogens is 478 g/mol. The Hall–Kier alpha value is -1.77. The molecule has 0 spiro atoms. The van der Waals surface area contributed by atoms with Crippen LogP contribution in [0.3, 0.4) is 0 Å². The summed E-state index contributed by atoms with van der Waals surface area (Å²) in [5.74, 6) is 4.98. The molecule has 0 N–H and O–H groups in total. The monoisotopic (exact) mass is 533 g/mol. The van der Waals surface area contributed by atoms with Crippen molar-refractivity contribution in [3.63, 3.8) is 0 Å². The van der Waals surface area contributed by atoms with E-state index in [1.807, 2.05) is 43.3 Å². The van der Waals surface area contributed by atoms with Crippen LogP contribution < -0.4 is 4.90 Å². The molecule has 1 aromatic rings. The predicted molar refractivity (Wildman–Crippen MR) is 163 cm³/mol. The highest BCUT2D eigenvalue weighted by molar-refractivity contribution is 5.90. The van der Waals surface area contributed by atoms with E-state index in [1.54, 1.807) is 5.57 Å². The molecule has 1 aromatic carbocycles. The lowest BCUT2D eigenvalue weighted by Gasteiger charge is -2.58. The number of hydrogen-bond donors (Lipinski definition) is 0. The lowest BCUT2D eigenvalue weighted by Crippen LogP contribution is -2.51. The highest BCUT2D eigenvalue weighted by Crippen LogP contribution is 2.67. The van der Waals surface area contributed by atoms with Gasteiger partial charge in [0.05, 0.1) is 5.56 Å². The van der Waals surface area contributed by atoms with E-state index in [2.05, 4.69) is 40.7 Å². The summed E-state index contributed by atoms with van der Waals surface area (Å²) in [4.78, 5) is 15.0. The third kappa shape index (κ3) is 5.45. The fraction of sp³-hybridized carbons (Fsp3) is 0.750. The first-order valence-electron chi connectivity index (χ1n) is 16.2. The highest BCUT2D eigenvalue weighted by atomic mass is 16.5. The second-order valence-electron chi connectivity index (χ2n) is 15.0. The van der Waals surface area contributed by atoms with Crippen LogP contribution in [-0.4, -0.2) is 26.2 Å². The van der Waals surface area contributed by atoms with Gasteiger partial charge in [-0.25, -0.2) is 4.79 Å². The molecular formula is C36H55NO2. The van der Waals surface area contributed by atoms with Crippen LogP contribution >= 0.6 is 0 Å². The number of benzene rings is 1. The molecule has 1 unspecified atom stereocenters. The van der Waals surface area contributed by atoms with Crippen molar-refractivity contribution in [1.82, 2.24) is 0 Å². The van der Waals surface area contributed by atoms with Gasteiger partial charge in [0.2, 0.25) is 0 Å². The Bertz CT molecular complexity index is 1040. The Kier molecular flexibility index (Phi) is 8.29. The second kappa shape index (κ2) is 11.2. The zero-order chi connectivity index (χ0) is 27.9. The van der Waals surface area contributed by atoms with Crippen molar-refractivity contribution in [2.75, 3.05) is 19.0 Å². The Morgan fingerprint density at radius 3 is 2.41 bits per heavy atom. The van der Waals surface area contributed by atoms with Crippen molar-refractivity contribution in [2.45, 2.75) is 111 Å². The number of fused-ring (bicyclic) bond motifs is 5. The van der Waals surface area contributed by atoms with Crippen LogP contribution in [0, 0.1) is 46.3 Å². The van der Waals surface area contributed by atoms with Crippen molar-refractivity contribution >= 4 is 11.7 Å². The number of carbonyl (C=O) groups excluding carboxylic acids is 1. The molecule has 4 aliphatic carbocycles. The summed E-state index contributed by atoms with van der Waals surface area (Å²) in [7, 11) is 4.03. The summed E-state index contributed by atoms with van der Waals surface area (Å²) in [6.07, 6.45) is 16.9. The molecule has 3 heteroatoms. The highest BCUT2D eigenvalue weighted by Gasteiger charge is 2.59. The molecule has 0 aromatic heterocycles. The third-order valence-corrected chi connectivity index (χ3v) is 12.2. The molecule has 0 heterocycles. The topological polar surface area (TPSA) is 29.5 Å². The molecule has 0 saturated heterocycles. The first-order chi connectivity index (χ1) is 18.5. The van der Waals surface area contributed by atoms with Gasteiger partial charge in [-0.05, 0) is 116 Å². The maximum absolute atomic E-state index is 13.0. The molecule has 0 bridgehead atoms. The minimum atomic E-state index is -0.170. The van der Waals surface area contributed by atoms with Gasteiger partial charge >= 0.3 is 5.97 Å². The number of carbonyl (C=O) groups is 1. The molecule has 8 atom stereocenters. The van der Waals surface area contributed by atoms with Crippen LogP contribution in [0.2, 0.25) is 0 Å². The molecule has 3 nitrogen and oxygen atoms in total. The summed E-state index contributed by atoms with van der Waals surface area (Å²) in [6, 6.07) is 7.78. The zero-order valence-corrected chi connectivity index (χ0v) is 26.0. The Morgan fingerprint density at radius 2 is 1.72 bits per heavy atom. The number of hydrogen-bond acceptors (Lipinski definition) is 3. The first kappa shape index (κ1) is 28.7. The summed E-state index contributed by atoms with van der Waals surface area (Å²) in [6.45, 7) is 12.6. The van der Waals surface area contributed by atoms with E-state index in [4.69, 9.17) is 4.74 Å². The number of esters is 1. The van der Waals surface area contributed by atoms with Gasteiger partial charge in [0.15, 0.2) is 0 Å². The van der Waals surface area contributed by atoms with Crippen molar-refractivity contribution in [1.29, 1.82) is 0 Å². The predicted octanol–water partition coefficient (Wildman–Crippen LogP) is 9.32. The van der Waals surface area contributed by atoms with Gasteiger partial charge in [-0.1, -0.05) is 65.5 Å². The molecule has 4 aliphatic rings. The van der Waals surface area contributed by atoms with Gasteiger partial charge in [0.1, 0.15) is 6.10 Å². The summed E-state index contributed by atoms with van der Waals surface area (Å²) in [5, 5.41) is 0. The van der Waals surface area contributed by atoms with Gasteiger partial charge in [0, 0.05) is 26.2 Å². The van der Waals surface area contributed by atoms with E-state index in [-0.39, 0.29) is 12.1 Å². The molecule has 0 radical (unpaired) electrons. The van der Waals surface area contributed by atoms with Crippen LogP contribution in [0.25, 0.3) is 0 Å². The normalized spacial score (nSPS) is 36.4. The largest absolute Gasteiger partial charge is 0.458 e. The maximum Gasteiger partial charge on any atom is 0.338 e. The molecule has 3 saturated carbocycles. The van der Waals surface area contributed by atoms with E-state index >= 15 is 0 Å². The second-order valence-corrected chi connectivity index (χ2v) is 15.0. The third-order valence-electron chi connectivity index (χ3n) is 12.2. The number of rotatable bonds is 8.